The first-order chi connectivity index (χ1) is 11.5. The molecule has 0 aliphatic carbocycles. The maximum Gasteiger partial charge on any atom is 0.231 e. The van der Waals surface area contributed by atoms with E-state index in [0.29, 0.717) is 17.4 Å². The molecule has 0 radical (unpaired) electrons. The number of nitrogens with one attached hydrogen (secondary N) is 1. The molecule has 0 aliphatic rings. The molecule has 0 unspecified atom stereocenters. The highest BCUT2D eigenvalue weighted by molar-refractivity contribution is 7.09. The van der Waals surface area contributed by atoms with E-state index >= 15 is 0 Å². The van der Waals surface area contributed by atoms with Crippen LogP contribution in [-0.2, 0) is 17.8 Å². The second-order valence-electron chi connectivity index (χ2n) is 5.55. The van der Waals surface area contributed by atoms with Crippen molar-refractivity contribution in [3.63, 3.8) is 0 Å². The van der Waals surface area contributed by atoms with Crippen molar-refractivity contribution in [1.29, 1.82) is 0 Å². The van der Waals surface area contributed by atoms with Crippen LogP contribution in [0.4, 0.5) is 5.82 Å². The summed E-state index contributed by atoms with van der Waals surface area (Å²) in [6.45, 7) is 4.39. The molecule has 0 aliphatic heterocycles. The molecule has 1 N–H and O–H groups in total. The third kappa shape index (κ3) is 4.01. The number of carbonyl (C=O) groups is 1. The van der Waals surface area contributed by atoms with Crippen LogP contribution in [0.25, 0.3) is 0 Å². The highest BCUT2D eigenvalue weighted by Gasteiger charge is 2.13. The predicted octanol–water partition coefficient (Wildman–Crippen LogP) is 3.84. The Bertz CT molecular complexity index is 871. The van der Waals surface area contributed by atoms with E-state index < -0.39 is 0 Å². The average Bonchev–Trinajstić information content (AvgIpc) is 3.07. The minimum atomic E-state index is -0.101. The lowest BCUT2D eigenvalue weighted by molar-refractivity contribution is -0.115. The van der Waals surface area contributed by atoms with Crippen LogP contribution < -0.4 is 5.32 Å². The number of aromatic nitrogens is 3. The van der Waals surface area contributed by atoms with Crippen molar-refractivity contribution >= 4 is 34.7 Å². The number of halogens is 1. The van der Waals surface area contributed by atoms with Gasteiger partial charge < -0.3 is 5.32 Å². The largest absolute Gasteiger partial charge is 0.310 e. The second-order valence-corrected chi connectivity index (χ2v) is 7.05. The van der Waals surface area contributed by atoms with Gasteiger partial charge in [0, 0.05) is 16.0 Å². The molecule has 3 aromatic rings. The predicted molar refractivity (Wildman–Crippen MR) is 96.7 cm³/mol. The van der Waals surface area contributed by atoms with Gasteiger partial charge in [0.15, 0.2) is 0 Å². The van der Waals surface area contributed by atoms with Gasteiger partial charge in [0.1, 0.15) is 5.82 Å². The van der Waals surface area contributed by atoms with Crippen LogP contribution in [0.5, 0.6) is 0 Å². The molecule has 1 aromatic carbocycles. The maximum absolute atomic E-state index is 12.3. The molecule has 0 fully saturated rings. The highest BCUT2D eigenvalue weighted by atomic mass is 35.5. The van der Waals surface area contributed by atoms with Gasteiger partial charge in [0.2, 0.25) is 5.91 Å². The fraction of sp³-hybridized carbons (Fsp3) is 0.235. The van der Waals surface area contributed by atoms with E-state index in [1.54, 1.807) is 22.2 Å². The molecule has 24 heavy (non-hydrogen) atoms. The van der Waals surface area contributed by atoms with Crippen LogP contribution in [0.15, 0.2) is 35.8 Å². The lowest BCUT2D eigenvalue weighted by atomic mass is 10.2. The summed E-state index contributed by atoms with van der Waals surface area (Å²) in [5, 5.41) is 10.8. The molecule has 0 saturated heterocycles. The summed E-state index contributed by atoms with van der Waals surface area (Å²) in [5.41, 5.74) is 2.73. The van der Waals surface area contributed by atoms with E-state index in [1.807, 2.05) is 43.5 Å². The fourth-order valence-corrected chi connectivity index (χ4v) is 3.23. The fourth-order valence-electron chi connectivity index (χ4n) is 2.40. The molecule has 0 bridgehead atoms. The van der Waals surface area contributed by atoms with Gasteiger partial charge in [-0.15, -0.1) is 11.3 Å². The van der Waals surface area contributed by atoms with Crippen molar-refractivity contribution in [1.82, 2.24) is 14.8 Å². The smallest absolute Gasteiger partial charge is 0.231 e. The van der Waals surface area contributed by atoms with Crippen molar-refractivity contribution < 1.29 is 4.79 Å². The molecule has 0 atom stereocenters. The minimum Gasteiger partial charge on any atom is -0.310 e. The number of carbonyl (C=O) groups excluding carboxylic acids is 1. The van der Waals surface area contributed by atoms with Crippen LogP contribution in [0.2, 0.25) is 5.02 Å². The van der Waals surface area contributed by atoms with Gasteiger partial charge in [0.05, 0.1) is 29.9 Å². The van der Waals surface area contributed by atoms with Gasteiger partial charge in [-0.3, -0.25) is 4.79 Å². The number of rotatable bonds is 5. The third-order valence-corrected chi connectivity index (χ3v) is 4.57. The summed E-state index contributed by atoms with van der Waals surface area (Å²) in [6, 6.07) is 7.60. The quantitative estimate of drug-likeness (QED) is 0.752. The van der Waals surface area contributed by atoms with E-state index in [-0.39, 0.29) is 12.3 Å². The Labute approximate surface area is 149 Å². The molecule has 7 heteroatoms. The minimum absolute atomic E-state index is 0.101. The van der Waals surface area contributed by atoms with E-state index in [4.69, 9.17) is 11.6 Å². The van der Waals surface area contributed by atoms with Crippen molar-refractivity contribution in [3.05, 3.63) is 62.7 Å². The Kier molecular flexibility index (Phi) is 4.97. The zero-order valence-electron chi connectivity index (χ0n) is 13.4. The number of amides is 1. The molecule has 124 valence electrons. The molecular weight excluding hydrogens is 344 g/mol. The summed E-state index contributed by atoms with van der Waals surface area (Å²) >= 11 is 7.57. The van der Waals surface area contributed by atoms with Crippen LogP contribution in [-0.4, -0.2) is 20.7 Å². The average molecular weight is 361 g/mol. The van der Waals surface area contributed by atoms with Crippen LogP contribution in [0.1, 0.15) is 21.8 Å². The van der Waals surface area contributed by atoms with E-state index in [0.717, 1.165) is 21.8 Å². The number of hydrogen-bond donors (Lipinski definition) is 1. The Morgan fingerprint density at radius 2 is 2.21 bits per heavy atom. The van der Waals surface area contributed by atoms with Gasteiger partial charge in [-0.25, -0.2) is 9.67 Å². The van der Waals surface area contributed by atoms with Crippen molar-refractivity contribution in [3.8, 4) is 0 Å². The Balaban J connectivity index is 1.73. The Morgan fingerprint density at radius 3 is 2.92 bits per heavy atom. The third-order valence-electron chi connectivity index (χ3n) is 3.51. The summed E-state index contributed by atoms with van der Waals surface area (Å²) < 4.78 is 1.77. The van der Waals surface area contributed by atoms with Gasteiger partial charge in [-0.1, -0.05) is 23.7 Å². The Hall–Kier alpha value is -2.18. The van der Waals surface area contributed by atoms with Crippen LogP contribution in [0, 0.1) is 13.8 Å². The summed E-state index contributed by atoms with van der Waals surface area (Å²) in [7, 11) is 0. The molecule has 2 heterocycles. The number of thiazole rings is 1. The highest BCUT2D eigenvalue weighted by Crippen LogP contribution is 2.18. The topological polar surface area (TPSA) is 59.8 Å². The van der Waals surface area contributed by atoms with Crippen molar-refractivity contribution in [2.45, 2.75) is 26.8 Å². The summed E-state index contributed by atoms with van der Waals surface area (Å²) in [6.07, 6.45) is 2.00. The zero-order valence-corrected chi connectivity index (χ0v) is 15.0. The lowest BCUT2D eigenvalue weighted by Gasteiger charge is -2.10. The number of aryl methyl sites for hydroxylation is 2. The zero-order chi connectivity index (χ0) is 17.1. The lowest BCUT2D eigenvalue weighted by Crippen LogP contribution is -2.18. The summed E-state index contributed by atoms with van der Waals surface area (Å²) in [5.74, 6) is 0.600. The van der Waals surface area contributed by atoms with Crippen LogP contribution >= 0.6 is 22.9 Å². The molecule has 0 saturated carbocycles. The number of anilines is 1. The Morgan fingerprint density at radius 1 is 1.38 bits per heavy atom. The monoisotopic (exact) mass is 360 g/mol. The molecular formula is C17H17ClN4OS. The van der Waals surface area contributed by atoms with E-state index in [2.05, 4.69) is 15.4 Å². The maximum atomic E-state index is 12.3. The second kappa shape index (κ2) is 7.15. The first kappa shape index (κ1) is 16.7. The molecule has 0 spiro atoms. The SMILES string of the molecule is Cc1nc(CC(=O)Nc2c(C)cnn2Cc2cccc(Cl)c2)cs1. The molecule has 1 amide bonds. The van der Waals surface area contributed by atoms with Crippen molar-refractivity contribution in [2.75, 3.05) is 5.32 Å². The molecule has 2 aromatic heterocycles. The van der Waals surface area contributed by atoms with Gasteiger partial charge in [-0.2, -0.15) is 5.10 Å². The van der Waals surface area contributed by atoms with Gasteiger partial charge >= 0.3 is 0 Å². The number of hydrogen-bond acceptors (Lipinski definition) is 4. The number of nitrogens with zero attached hydrogens (tertiary/aromatic N) is 3. The normalized spacial score (nSPS) is 10.8. The van der Waals surface area contributed by atoms with Crippen LogP contribution in [0.3, 0.4) is 0 Å². The summed E-state index contributed by atoms with van der Waals surface area (Å²) in [4.78, 5) is 16.6. The van der Waals surface area contributed by atoms with Crippen molar-refractivity contribution in [2.24, 2.45) is 0 Å². The first-order valence-corrected chi connectivity index (χ1v) is 8.75. The molecule has 5 nitrogen and oxygen atoms in total. The molecule has 3 rings (SSSR count). The van der Waals surface area contributed by atoms with E-state index in [9.17, 15) is 4.79 Å². The first-order valence-electron chi connectivity index (χ1n) is 7.49. The van der Waals surface area contributed by atoms with E-state index in [1.165, 1.54) is 0 Å². The standard InChI is InChI=1S/C17H17ClN4OS/c1-11-8-19-22(9-13-4-3-5-14(18)6-13)17(11)21-16(23)7-15-10-24-12(2)20-15/h3-6,8,10H,7,9H2,1-2H3,(H,21,23). The number of benzene rings is 1. The van der Waals surface area contributed by atoms with Gasteiger partial charge in [0.25, 0.3) is 0 Å². The van der Waals surface area contributed by atoms with Gasteiger partial charge in [-0.05, 0) is 31.5 Å².